The van der Waals surface area contributed by atoms with Gasteiger partial charge in [0.1, 0.15) is 11.4 Å². The SMILES string of the molecule is O=S(=O)(NCCn1ccc(-c2ccccn2)n1)c1ccc2c(c1)CCO2. The first-order chi connectivity index (χ1) is 12.6. The highest BCUT2D eigenvalue weighted by atomic mass is 32.2. The first-order valence-corrected chi connectivity index (χ1v) is 9.80. The van der Waals surface area contributed by atoms with E-state index in [9.17, 15) is 8.42 Å². The second-order valence-electron chi connectivity index (χ2n) is 5.94. The molecule has 8 heteroatoms. The molecule has 1 N–H and O–H groups in total. The van der Waals surface area contributed by atoms with Gasteiger partial charge in [-0.2, -0.15) is 5.10 Å². The molecule has 0 unspecified atom stereocenters. The maximum atomic E-state index is 12.5. The Balaban J connectivity index is 1.39. The summed E-state index contributed by atoms with van der Waals surface area (Å²) in [6.45, 7) is 1.28. The highest BCUT2D eigenvalue weighted by Crippen LogP contribution is 2.27. The Kier molecular flexibility index (Phi) is 4.44. The van der Waals surface area contributed by atoms with E-state index < -0.39 is 10.0 Å². The number of fused-ring (bicyclic) bond motifs is 1. The molecule has 0 amide bonds. The van der Waals surface area contributed by atoms with Crippen LogP contribution < -0.4 is 9.46 Å². The fraction of sp³-hybridized carbons (Fsp3) is 0.222. The molecular formula is C18H18N4O3S. The highest BCUT2D eigenvalue weighted by Gasteiger charge is 2.19. The molecule has 2 aromatic heterocycles. The normalized spacial score (nSPS) is 13.4. The van der Waals surface area contributed by atoms with Gasteiger partial charge in [0.05, 0.1) is 23.7 Å². The summed E-state index contributed by atoms with van der Waals surface area (Å²) in [5, 5.41) is 4.42. The molecule has 0 bridgehead atoms. The summed E-state index contributed by atoms with van der Waals surface area (Å²) in [6.07, 6.45) is 4.26. The van der Waals surface area contributed by atoms with Crippen LogP contribution in [0.15, 0.2) is 59.8 Å². The van der Waals surface area contributed by atoms with E-state index in [1.54, 1.807) is 29.1 Å². The third-order valence-corrected chi connectivity index (χ3v) is 5.63. The van der Waals surface area contributed by atoms with Crippen LogP contribution in [0.3, 0.4) is 0 Å². The molecular weight excluding hydrogens is 352 g/mol. The summed E-state index contributed by atoms with van der Waals surface area (Å²) in [6, 6.07) is 12.4. The minimum absolute atomic E-state index is 0.249. The van der Waals surface area contributed by atoms with Crippen LogP contribution in [0.5, 0.6) is 5.75 Å². The number of pyridine rings is 1. The maximum absolute atomic E-state index is 12.5. The number of sulfonamides is 1. The molecule has 0 saturated carbocycles. The van der Waals surface area contributed by atoms with Gasteiger partial charge in [-0.1, -0.05) is 6.07 Å². The fourth-order valence-electron chi connectivity index (χ4n) is 2.85. The molecule has 1 aromatic carbocycles. The van der Waals surface area contributed by atoms with Gasteiger partial charge in [-0.15, -0.1) is 0 Å². The summed E-state index contributed by atoms with van der Waals surface area (Å²) in [5.74, 6) is 0.766. The number of ether oxygens (including phenoxy) is 1. The predicted octanol–water partition coefficient (Wildman–Crippen LogP) is 1.86. The Bertz CT molecular complexity index is 1020. The number of benzene rings is 1. The minimum Gasteiger partial charge on any atom is -0.493 e. The third-order valence-electron chi connectivity index (χ3n) is 4.17. The van der Waals surface area contributed by atoms with Crippen LogP contribution in [-0.2, 0) is 23.0 Å². The topological polar surface area (TPSA) is 86.1 Å². The van der Waals surface area contributed by atoms with Crippen LogP contribution in [0, 0.1) is 0 Å². The number of aromatic nitrogens is 3. The molecule has 0 atom stereocenters. The fourth-order valence-corrected chi connectivity index (χ4v) is 3.92. The average Bonchev–Trinajstić information content (AvgIpc) is 3.31. The van der Waals surface area contributed by atoms with Crippen LogP contribution in [0.1, 0.15) is 5.56 Å². The first kappa shape index (κ1) is 16.7. The lowest BCUT2D eigenvalue weighted by molar-refractivity contribution is 0.356. The van der Waals surface area contributed by atoms with Crippen molar-refractivity contribution in [2.75, 3.05) is 13.2 Å². The molecule has 1 aliphatic heterocycles. The van der Waals surface area contributed by atoms with E-state index in [0.717, 1.165) is 29.1 Å². The van der Waals surface area contributed by atoms with Crippen molar-refractivity contribution in [3.8, 4) is 17.1 Å². The average molecular weight is 370 g/mol. The molecule has 3 heterocycles. The van der Waals surface area contributed by atoms with Gasteiger partial charge in [-0.3, -0.25) is 9.67 Å². The number of hydrogen-bond acceptors (Lipinski definition) is 5. The minimum atomic E-state index is -3.56. The zero-order valence-electron chi connectivity index (χ0n) is 14.0. The molecule has 134 valence electrons. The molecule has 1 aliphatic rings. The van der Waals surface area contributed by atoms with Gasteiger partial charge in [-0.05, 0) is 42.0 Å². The van der Waals surface area contributed by atoms with Gasteiger partial charge in [0, 0.05) is 25.4 Å². The summed E-state index contributed by atoms with van der Waals surface area (Å²) in [4.78, 5) is 4.51. The number of nitrogens with one attached hydrogen (secondary N) is 1. The molecule has 0 radical (unpaired) electrons. The lowest BCUT2D eigenvalue weighted by atomic mass is 10.2. The van der Waals surface area contributed by atoms with Gasteiger partial charge in [-0.25, -0.2) is 13.1 Å². The third kappa shape index (κ3) is 3.47. The van der Waals surface area contributed by atoms with Gasteiger partial charge < -0.3 is 4.74 Å². The number of hydrogen-bond donors (Lipinski definition) is 1. The molecule has 4 rings (SSSR count). The van der Waals surface area contributed by atoms with Crippen molar-refractivity contribution in [2.24, 2.45) is 0 Å². The Hall–Kier alpha value is -2.71. The van der Waals surface area contributed by atoms with E-state index in [2.05, 4.69) is 14.8 Å². The molecule has 7 nitrogen and oxygen atoms in total. The maximum Gasteiger partial charge on any atom is 0.240 e. The monoisotopic (exact) mass is 370 g/mol. The van der Waals surface area contributed by atoms with Crippen molar-refractivity contribution in [1.82, 2.24) is 19.5 Å². The zero-order chi connectivity index (χ0) is 18.0. The molecule has 0 aliphatic carbocycles. The highest BCUT2D eigenvalue weighted by molar-refractivity contribution is 7.89. The van der Waals surface area contributed by atoms with Gasteiger partial charge in [0.2, 0.25) is 10.0 Å². The van der Waals surface area contributed by atoms with Crippen LogP contribution in [0.25, 0.3) is 11.4 Å². The van der Waals surface area contributed by atoms with Gasteiger partial charge in [0.25, 0.3) is 0 Å². The Morgan fingerprint density at radius 2 is 2.08 bits per heavy atom. The van der Waals surface area contributed by atoms with Crippen molar-refractivity contribution in [2.45, 2.75) is 17.9 Å². The summed E-state index contributed by atoms with van der Waals surface area (Å²) < 4.78 is 34.6. The summed E-state index contributed by atoms with van der Waals surface area (Å²) in [7, 11) is -3.56. The lowest BCUT2D eigenvalue weighted by Gasteiger charge is -2.08. The molecule has 0 fully saturated rings. The van der Waals surface area contributed by atoms with Crippen LogP contribution >= 0.6 is 0 Å². The lowest BCUT2D eigenvalue weighted by Crippen LogP contribution is -2.27. The van der Waals surface area contributed by atoms with E-state index in [0.29, 0.717) is 13.2 Å². The second kappa shape index (κ2) is 6.89. The van der Waals surface area contributed by atoms with Crippen molar-refractivity contribution in [3.63, 3.8) is 0 Å². The first-order valence-electron chi connectivity index (χ1n) is 8.32. The van der Waals surface area contributed by atoms with Crippen LogP contribution in [0.2, 0.25) is 0 Å². The van der Waals surface area contributed by atoms with Gasteiger partial charge >= 0.3 is 0 Å². The molecule has 0 saturated heterocycles. The number of rotatable bonds is 6. The molecule has 0 spiro atoms. The predicted molar refractivity (Wildman–Crippen MR) is 96.3 cm³/mol. The van der Waals surface area contributed by atoms with Crippen molar-refractivity contribution in [3.05, 3.63) is 60.4 Å². The molecule has 26 heavy (non-hydrogen) atoms. The van der Waals surface area contributed by atoms with Crippen LogP contribution in [0.4, 0.5) is 0 Å². The van der Waals surface area contributed by atoms with E-state index in [1.165, 1.54) is 0 Å². The Labute approximate surface area is 151 Å². The smallest absolute Gasteiger partial charge is 0.240 e. The van der Waals surface area contributed by atoms with Crippen molar-refractivity contribution in [1.29, 1.82) is 0 Å². The largest absolute Gasteiger partial charge is 0.493 e. The van der Waals surface area contributed by atoms with Crippen molar-refractivity contribution >= 4 is 10.0 Å². The zero-order valence-corrected chi connectivity index (χ0v) is 14.8. The van der Waals surface area contributed by atoms with E-state index in [4.69, 9.17) is 4.74 Å². The molecule has 3 aromatic rings. The van der Waals surface area contributed by atoms with E-state index >= 15 is 0 Å². The standard InChI is InChI=1S/C18H18N4O3S/c23-26(24,15-4-5-18-14(13-15)7-12-25-18)20-9-11-22-10-6-17(21-22)16-3-1-2-8-19-16/h1-6,8,10,13,20H,7,9,11-12H2. The summed E-state index contributed by atoms with van der Waals surface area (Å²) >= 11 is 0. The Morgan fingerprint density at radius 3 is 2.92 bits per heavy atom. The quantitative estimate of drug-likeness (QED) is 0.716. The van der Waals surface area contributed by atoms with E-state index in [1.807, 2.05) is 30.5 Å². The van der Waals surface area contributed by atoms with Crippen molar-refractivity contribution < 1.29 is 13.2 Å². The van der Waals surface area contributed by atoms with Crippen LogP contribution in [-0.4, -0.2) is 36.3 Å². The van der Waals surface area contributed by atoms with E-state index in [-0.39, 0.29) is 11.4 Å². The number of nitrogens with zero attached hydrogens (tertiary/aromatic N) is 3. The van der Waals surface area contributed by atoms with Gasteiger partial charge in [0.15, 0.2) is 0 Å². The summed E-state index contributed by atoms with van der Waals surface area (Å²) in [5.41, 5.74) is 2.47. The second-order valence-corrected chi connectivity index (χ2v) is 7.71. The Morgan fingerprint density at radius 1 is 1.15 bits per heavy atom.